The molecular formula is C28H36BrN5O4. The normalized spacial score (nSPS) is 12.1. The lowest BCUT2D eigenvalue weighted by molar-refractivity contribution is -0.122. The molecule has 3 aromatic rings. The topological polar surface area (TPSA) is 101 Å². The maximum Gasteiger partial charge on any atom is 0.304 e. The summed E-state index contributed by atoms with van der Waals surface area (Å²) in [6.07, 6.45) is 4.36. The molecule has 0 aliphatic rings. The average molecular weight is 587 g/mol. The smallest absolute Gasteiger partial charge is 0.304 e. The Labute approximate surface area is 232 Å². The van der Waals surface area contributed by atoms with Crippen LogP contribution >= 0.6 is 15.9 Å². The summed E-state index contributed by atoms with van der Waals surface area (Å²) in [4.78, 5) is 19.9. The standard InChI is InChI=1S/C28H36BrN5O4/c1-5-7-15-33(16-8-6-2)19-34-25-14-11-22(29)17-24(25)27(28(34)36)31-30-26(35)18-38-32-20(3)21-9-12-23(37-4)13-10-21/h9-14,17,36H,5-8,15-16,18-19H2,1-4H3/b31-30?,32-20+. The SMILES string of the molecule is CCCCN(CCCC)Cn1c(O)c(N=NC(=O)CO/N=C(\C)c2ccc(OC)cc2)c2cc(Br)ccc21. The van der Waals surface area contributed by atoms with Gasteiger partial charge in [0.2, 0.25) is 5.88 Å². The summed E-state index contributed by atoms with van der Waals surface area (Å²) in [6.45, 7) is 8.15. The van der Waals surface area contributed by atoms with Crippen LogP contribution in [0.25, 0.3) is 10.9 Å². The Morgan fingerprint density at radius 1 is 1.08 bits per heavy atom. The predicted molar refractivity (Wildman–Crippen MR) is 153 cm³/mol. The van der Waals surface area contributed by atoms with Gasteiger partial charge in [0.1, 0.15) is 5.75 Å². The molecule has 1 heterocycles. The summed E-state index contributed by atoms with van der Waals surface area (Å²) in [6, 6.07) is 13.1. The molecule has 2 aromatic carbocycles. The molecule has 38 heavy (non-hydrogen) atoms. The third-order valence-electron chi connectivity index (χ3n) is 6.13. The number of unbranched alkanes of at least 4 members (excludes halogenated alkanes) is 2. The van der Waals surface area contributed by atoms with E-state index in [1.807, 2.05) is 47.0 Å². The van der Waals surface area contributed by atoms with Crippen LogP contribution in [0.15, 0.2) is 62.3 Å². The first kappa shape index (κ1) is 29.3. The molecule has 0 bridgehead atoms. The van der Waals surface area contributed by atoms with Gasteiger partial charge in [-0.25, -0.2) is 0 Å². The number of halogens is 1. The van der Waals surface area contributed by atoms with Crippen molar-refractivity contribution in [1.82, 2.24) is 9.47 Å². The fraction of sp³-hybridized carbons (Fsp3) is 0.429. The second-order valence-corrected chi connectivity index (χ2v) is 9.92. The number of rotatable bonds is 14. The molecule has 1 aromatic heterocycles. The highest BCUT2D eigenvalue weighted by Crippen LogP contribution is 2.40. The number of fused-ring (bicyclic) bond motifs is 1. The highest BCUT2D eigenvalue weighted by atomic mass is 79.9. The van der Waals surface area contributed by atoms with Gasteiger partial charge in [-0.3, -0.25) is 14.3 Å². The molecule has 0 atom stereocenters. The van der Waals surface area contributed by atoms with Gasteiger partial charge in [-0.05, 0) is 80.9 Å². The molecule has 0 fully saturated rings. The van der Waals surface area contributed by atoms with E-state index in [1.165, 1.54) is 0 Å². The van der Waals surface area contributed by atoms with Crippen LogP contribution in [-0.4, -0.2) is 53.0 Å². The minimum atomic E-state index is -0.612. The van der Waals surface area contributed by atoms with Crippen LogP contribution in [0.1, 0.15) is 52.0 Å². The van der Waals surface area contributed by atoms with Gasteiger partial charge in [-0.2, -0.15) is 0 Å². The van der Waals surface area contributed by atoms with Gasteiger partial charge in [0.05, 0.1) is 25.0 Å². The molecule has 0 saturated carbocycles. The molecule has 0 aliphatic carbocycles. The number of azo groups is 1. The number of carbonyl (C=O) groups excluding carboxylic acids is 1. The Kier molecular flexibility index (Phi) is 11.3. The maximum absolute atomic E-state index is 12.4. The Hall–Kier alpha value is -3.24. The molecule has 3 rings (SSSR count). The van der Waals surface area contributed by atoms with Gasteiger partial charge in [0, 0.05) is 9.86 Å². The third-order valence-corrected chi connectivity index (χ3v) is 6.62. The second-order valence-electron chi connectivity index (χ2n) is 9.00. The minimum Gasteiger partial charge on any atom is -0.497 e. The first-order valence-corrected chi connectivity index (χ1v) is 13.7. The molecule has 0 radical (unpaired) electrons. The van der Waals surface area contributed by atoms with Crippen molar-refractivity contribution in [3.63, 3.8) is 0 Å². The quantitative estimate of drug-likeness (QED) is 0.124. The first-order chi connectivity index (χ1) is 18.4. The van der Waals surface area contributed by atoms with Crippen molar-refractivity contribution < 1.29 is 19.5 Å². The molecule has 0 unspecified atom stereocenters. The van der Waals surface area contributed by atoms with Crippen molar-refractivity contribution >= 4 is 44.1 Å². The number of nitrogens with zero attached hydrogens (tertiary/aromatic N) is 5. The van der Waals surface area contributed by atoms with Gasteiger partial charge >= 0.3 is 5.91 Å². The van der Waals surface area contributed by atoms with E-state index in [9.17, 15) is 9.90 Å². The summed E-state index contributed by atoms with van der Waals surface area (Å²) < 4.78 is 7.82. The van der Waals surface area contributed by atoms with Crippen molar-refractivity contribution in [1.29, 1.82) is 0 Å². The number of oxime groups is 1. The Bertz CT molecular complexity index is 1260. The number of amides is 1. The lowest BCUT2D eigenvalue weighted by Crippen LogP contribution is -2.28. The van der Waals surface area contributed by atoms with Crippen LogP contribution in [-0.2, 0) is 16.3 Å². The number of hydrogen-bond donors (Lipinski definition) is 1. The fourth-order valence-corrected chi connectivity index (χ4v) is 4.32. The van der Waals surface area contributed by atoms with E-state index in [1.54, 1.807) is 14.0 Å². The van der Waals surface area contributed by atoms with Gasteiger partial charge < -0.3 is 14.7 Å². The number of aromatic hydroxyl groups is 1. The van der Waals surface area contributed by atoms with Crippen LogP contribution in [0, 0.1) is 0 Å². The summed E-state index contributed by atoms with van der Waals surface area (Å²) in [5.41, 5.74) is 2.52. The number of carbonyl (C=O) groups is 1. The zero-order chi connectivity index (χ0) is 27.5. The molecule has 1 N–H and O–H groups in total. The highest BCUT2D eigenvalue weighted by molar-refractivity contribution is 9.10. The average Bonchev–Trinajstić information content (AvgIpc) is 3.18. The van der Waals surface area contributed by atoms with Gasteiger partial charge in [-0.1, -0.05) is 47.8 Å². The van der Waals surface area contributed by atoms with E-state index >= 15 is 0 Å². The molecule has 0 spiro atoms. The summed E-state index contributed by atoms with van der Waals surface area (Å²) in [5.74, 6) is 0.102. The molecule has 1 amide bonds. The fourth-order valence-electron chi connectivity index (χ4n) is 3.96. The van der Waals surface area contributed by atoms with E-state index in [0.717, 1.165) is 60.1 Å². The summed E-state index contributed by atoms with van der Waals surface area (Å²) in [5, 5.41) is 23.7. The monoisotopic (exact) mass is 585 g/mol. The maximum atomic E-state index is 12.4. The van der Waals surface area contributed by atoms with Crippen LogP contribution in [0.3, 0.4) is 0 Å². The van der Waals surface area contributed by atoms with Crippen LogP contribution in [0.4, 0.5) is 5.69 Å². The summed E-state index contributed by atoms with van der Waals surface area (Å²) in [7, 11) is 1.60. The van der Waals surface area contributed by atoms with E-state index in [0.29, 0.717) is 17.8 Å². The minimum absolute atomic E-state index is 0.0260. The second kappa shape index (κ2) is 14.6. The molecule has 204 valence electrons. The van der Waals surface area contributed by atoms with E-state index in [-0.39, 0.29) is 18.2 Å². The summed E-state index contributed by atoms with van der Waals surface area (Å²) >= 11 is 3.49. The van der Waals surface area contributed by atoms with Crippen molar-refractivity contribution in [3.05, 3.63) is 52.5 Å². The Morgan fingerprint density at radius 2 is 1.76 bits per heavy atom. The van der Waals surface area contributed by atoms with Crippen LogP contribution < -0.4 is 4.74 Å². The van der Waals surface area contributed by atoms with Gasteiger partial charge in [0.25, 0.3) is 0 Å². The number of benzene rings is 2. The lowest BCUT2D eigenvalue weighted by Gasteiger charge is -2.23. The largest absolute Gasteiger partial charge is 0.497 e. The van der Waals surface area contributed by atoms with Crippen molar-refractivity contribution in [3.8, 4) is 11.6 Å². The van der Waals surface area contributed by atoms with Crippen molar-refractivity contribution in [2.75, 3.05) is 26.8 Å². The number of hydrogen-bond acceptors (Lipinski definition) is 7. The van der Waals surface area contributed by atoms with Crippen molar-refractivity contribution in [2.24, 2.45) is 15.4 Å². The zero-order valence-corrected chi connectivity index (χ0v) is 24.1. The molecular weight excluding hydrogens is 550 g/mol. The molecule has 0 aliphatic heterocycles. The number of aromatic nitrogens is 1. The van der Waals surface area contributed by atoms with Crippen molar-refractivity contribution in [2.45, 2.75) is 53.1 Å². The van der Waals surface area contributed by atoms with Crippen LogP contribution in [0.2, 0.25) is 0 Å². The number of methoxy groups -OCH3 is 1. The third kappa shape index (κ3) is 7.88. The molecule has 0 saturated heterocycles. The molecule has 9 nitrogen and oxygen atoms in total. The number of ether oxygens (including phenoxy) is 1. The lowest BCUT2D eigenvalue weighted by atomic mass is 10.1. The van der Waals surface area contributed by atoms with E-state index in [4.69, 9.17) is 9.57 Å². The first-order valence-electron chi connectivity index (χ1n) is 12.9. The van der Waals surface area contributed by atoms with Gasteiger partial charge in [0.15, 0.2) is 12.3 Å². The van der Waals surface area contributed by atoms with E-state index < -0.39 is 5.91 Å². The Morgan fingerprint density at radius 3 is 2.39 bits per heavy atom. The Balaban J connectivity index is 1.75. The van der Waals surface area contributed by atoms with Gasteiger partial charge in [-0.15, -0.1) is 10.2 Å². The van der Waals surface area contributed by atoms with E-state index in [2.05, 4.69) is 50.1 Å². The zero-order valence-electron chi connectivity index (χ0n) is 22.5. The predicted octanol–water partition coefficient (Wildman–Crippen LogP) is 7.03. The highest BCUT2D eigenvalue weighted by Gasteiger charge is 2.19. The molecule has 10 heteroatoms. The van der Waals surface area contributed by atoms with Crippen LogP contribution in [0.5, 0.6) is 11.6 Å².